The lowest BCUT2D eigenvalue weighted by molar-refractivity contribution is 0.170. The fraction of sp³-hybridized carbons (Fsp3) is 0.294. The summed E-state index contributed by atoms with van der Waals surface area (Å²) in [7, 11) is 0. The molecular weight excluding hydrogens is 256 g/mol. The highest BCUT2D eigenvalue weighted by molar-refractivity contribution is 5.40. The van der Waals surface area contributed by atoms with Crippen molar-refractivity contribution in [1.29, 1.82) is 0 Å². The van der Waals surface area contributed by atoms with Crippen molar-refractivity contribution in [2.24, 2.45) is 0 Å². The Labute approximate surface area is 118 Å². The Morgan fingerprint density at radius 2 is 1.30 bits per heavy atom. The van der Waals surface area contributed by atoms with E-state index in [1.54, 1.807) is 24.3 Å². The summed E-state index contributed by atoms with van der Waals surface area (Å²) in [4.78, 5) is 0. The summed E-state index contributed by atoms with van der Waals surface area (Å²) in [5.74, 6) is 0. The van der Waals surface area contributed by atoms with Crippen molar-refractivity contribution in [3.05, 3.63) is 65.2 Å². The van der Waals surface area contributed by atoms with Crippen molar-refractivity contribution in [3.8, 4) is 0 Å². The van der Waals surface area contributed by atoms with Crippen LogP contribution in [0.3, 0.4) is 0 Å². The summed E-state index contributed by atoms with van der Waals surface area (Å²) in [6, 6.07) is 13.3. The summed E-state index contributed by atoms with van der Waals surface area (Å²) >= 11 is 0. The molecule has 2 N–H and O–H groups in total. The fourth-order valence-electron chi connectivity index (χ4n) is 2.17. The van der Waals surface area contributed by atoms with Crippen molar-refractivity contribution in [1.82, 2.24) is 0 Å². The molecule has 2 aromatic rings. The van der Waals surface area contributed by atoms with E-state index >= 15 is 0 Å². The monoisotopic (exact) mass is 275 g/mol. The van der Waals surface area contributed by atoms with Gasteiger partial charge in [-0.3, -0.25) is 0 Å². The molecule has 0 spiro atoms. The van der Waals surface area contributed by atoms with Gasteiger partial charge in [0.05, 0.1) is 0 Å². The molecule has 0 aliphatic rings. The molecule has 0 radical (unpaired) electrons. The largest absolute Gasteiger partial charge is 0.399 e. The molecule has 0 aliphatic heterocycles. The van der Waals surface area contributed by atoms with Gasteiger partial charge >= 0.3 is 0 Å². The van der Waals surface area contributed by atoms with Crippen LogP contribution in [0.1, 0.15) is 42.4 Å². The van der Waals surface area contributed by atoms with Crippen LogP contribution in [-0.2, 0) is 6.42 Å². The van der Waals surface area contributed by atoms with Crippen LogP contribution in [-0.4, -0.2) is 0 Å². The Kier molecular flexibility index (Phi) is 4.72. The molecule has 2 aromatic carbocycles. The zero-order chi connectivity index (χ0) is 14.5. The van der Waals surface area contributed by atoms with Gasteiger partial charge in [0.1, 0.15) is 0 Å². The zero-order valence-corrected chi connectivity index (χ0v) is 11.5. The molecule has 3 heteroatoms. The van der Waals surface area contributed by atoms with Gasteiger partial charge in [0.2, 0.25) is 0 Å². The number of nitrogen functional groups attached to an aromatic ring is 1. The van der Waals surface area contributed by atoms with Crippen LogP contribution in [0.15, 0.2) is 48.5 Å². The van der Waals surface area contributed by atoms with Crippen LogP contribution in [0.25, 0.3) is 0 Å². The summed E-state index contributed by atoms with van der Waals surface area (Å²) in [5.41, 5.74) is 7.91. The number of hydrogen-bond donors (Lipinski definition) is 1. The summed E-state index contributed by atoms with van der Waals surface area (Å²) in [5, 5.41) is 0. The molecule has 0 bridgehead atoms. The Hall–Kier alpha value is -1.90. The standard InChI is InChI=1S/C17H19F2N/c1-2-3-12-4-6-13(7-5-12)16(18)17(19)14-8-10-15(20)11-9-14/h4-11,16-17H,2-3,20H2,1H3. The second kappa shape index (κ2) is 6.51. The molecular formula is C17H19F2N. The smallest absolute Gasteiger partial charge is 0.160 e. The van der Waals surface area contributed by atoms with Crippen molar-refractivity contribution < 1.29 is 8.78 Å². The maximum Gasteiger partial charge on any atom is 0.160 e. The first-order chi connectivity index (χ1) is 9.61. The van der Waals surface area contributed by atoms with E-state index in [0.717, 1.165) is 18.4 Å². The normalized spacial score (nSPS) is 13.9. The Balaban J connectivity index is 2.13. The second-order valence-corrected chi connectivity index (χ2v) is 4.96. The Bertz CT molecular complexity index is 534. The molecule has 2 unspecified atom stereocenters. The van der Waals surface area contributed by atoms with E-state index in [-0.39, 0.29) is 0 Å². The lowest BCUT2D eigenvalue weighted by Gasteiger charge is -2.15. The number of hydrogen-bond acceptors (Lipinski definition) is 1. The van der Waals surface area contributed by atoms with Crippen LogP contribution < -0.4 is 5.73 Å². The summed E-state index contributed by atoms with van der Waals surface area (Å²) in [6.07, 6.45) is -1.34. The van der Waals surface area contributed by atoms with Gasteiger partial charge in [-0.15, -0.1) is 0 Å². The number of anilines is 1. The van der Waals surface area contributed by atoms with Crippen molar-refractivity contribution in [2.45, 2.75) is 32.1 Å². The van der Waals surface area contributed by atoms with Crippen molar-refractivity contribution in [3.63, 3.8) is 0 Å². The van der Waals surface area contributed by atoms with E-state index in [1.807, 2.05) is 12.1 Å². The van der Waals surface area contributed by atoms with E-state index in [4.69, 9.17) is 5.73 Å². The summed E-state index contributed by atoms with van der Waals surface area (Å²) < 4.78 is 28.4. The fourth-order valence-corrected chi connectivity index (χ4v) is 2.17. The summed E-state index contributed by atoms with van der Waals surface area (Å²) in [6.45, 7) is 2.09. The predicted octanol–water partition coefficient (Wildman–Crippen LogP) is 4.94. The minimum absolute atomic E-state index is 0.310. The van der Waals surface area contributed by atoms with E-state index in [9.17, 15) is 8.78 Å². The molecule has 1 nitrogen and oxygen atoms in total. The molecule has 0 fully saturated rings. The average Bonchev–Trinajstić information content (AvgIpc) is 2.48. The third-order valence-corrected chi connectivity index (χ3v) is 3.35. The SMILES string of the molecule is CCCc1ccc(C(F)C(F)c2ccc(N)cc2)cc1. The minimum Gasteiger partial charge on any atom is -0.399 e. The van der Waals surface area contributed by atoms with E-state index in [0.29, 0.717) is 16.8 Å². The van der Waals surface area contributed by atoms with E-state index < -0.39 is 12.3 Å². The van der Waals surface area contributed by atoms with Gasteiger partial charge in [-0.1, -0.05) is 49.7 Å². The molecule has 0 amide bonds. The van der Waals surface area contributed by atoms with Gasteiger partial charge in [-0.05, 0) is 35.2 Å². The highest BCUT2D eigenvalue weighted by Crippen LogP contribution is 2.35. The van der Waals surface area contributed by atoms with Crippen LogP contribution in [0.5, 0.6) is 0 Å². The lowest BCUT2D eigenvalue weighted by atomic mass is 9.99. The highest BCUT2D eigenvalue weighted by Gasteiger charge is 2.23. The minimum atomic E-state index is -1.67. The van der Waals surface area contributed by atoms with Crippen molar-refractivity contribution >= 4 is 5.69 Å². The Morgan fingerprint density at radius 3 is 1.75 bits per heavy atom. The number of alkyl halides is 2. The highest BCUT2D eigenvalue weighted by atomic mass is 19.2. The number of halogens is 2. The van der Waals surface area contributed by atoms with Crippen molar-refractivity contribution in [2.75, 3.05) is 5.73 Å². The van der Waals surface area contributed by atoms with Crippen LogP contribution in [0, 0.1) is 0 Å². The number of benzene rings is 2. The quantitative estimate of drug-likeness (QED) is 0.768. The van der Waals surface area contributed by atoms with Gasteiger partial charge in [0.15, 0.2) is 12.3 Å². The maximum atomic E-state index is 14.2. The number of aryl methyl sites for hydroxylation is 1. The topological polar surface area (TPSA) is 26.0 Å². The van der Waals surface area contributed by atoms with Gasteiger partial charge in [0.25, 0.3) is 0 Å². The molecule has 2 atom stereocenters. The van der Waals surface area contributed by atoms with Gasteiger partial charge in [0, 0.05) is 5.69 Å². The predicted molar refractivity (Wildman–Crippen MR) is 79.0 cm³/mol. The molecule has 106 valence electrons. The van der Waals surface area contributed by atoms with E-state index in [1.165, 1.54) is 12.1 Å². The Morgan fingerprint density at radius 1 is 0.850 bits per heavy atom. The number of nitrogens with two attached hydrogens (primary N) is 1. The molecule has 0 aromatic heterocycles. The zero-order valence-electron chi connectivity index (χ0n) is 11.5. The molecule has 20 heavy (non-hydrogen) atoms. The molecule has 0 saturated carbocycles. The first kappa shape index (κ1) is 14.5. The first-order valence-corrected chi connectivity index (χ1v) is 6.84. The molecule has 0 aliphatic carbocycles. The molecule has 0 heterocycles. The first-order valence-electron chi connectivity index (χ1n) is 6.84. The van der Waals surface area contributed by atoms with Crippen LogP contribution >= 0.6 is 0 Å². The second-order valence-electron chi connectivity index (χ2n) is 4.96. The van der Waals surface area contributed by atoms with Crippen LogP contribution in [0.4, 0.5) is 14.5 Å². The molecule has 2 rings (SSSR count). The van der Waals surface area contributed by atoms with Gasteiger partial charge in [-0.25, -0.2) is 8.78 Å². The third-order valence-electron chi connectivity index (χ3n) is 3.35. The lowest BCUT2D eigenvalue weighted by Crippen LogP contribution is -2.02. The average molecular weight is 275 g/mol. The van der Waals surface area contributed by atoms with Gasteiger partial charge in [-0.2, -0.15) is 0 Å². The molecule has 0 saturated heterocycles. The van der Waals surface area contributed by atoms with E-state index in [2.05, 4.69) is 6.92 Å². The third kappa shape index (κ3) is 3.35. The van der Waals surface area contributed by atoms with Gasteiger partial charge < -0.3 is 5.73 Å². The van der Waals surface area contributed by atoms with Crippen LogP contribution in [0.2, 0.25) is 0 Å². The number of rotatable bonds is 5. The maximum absolute atomic E-state index is 14.2.